The topological polar surface area (TPSA) is 42.0 Å². The van der Waals surface area contributed by atoms with Crippen LogP contribution in [0.25, 0.3) is 0 Å². The van der Waals surface area contributed by atoms with Gasteiger partial charge in [0.15, 0.2) is 8.32 Å². The molecule has 0 saturated carbocycles. The third-order valence-electron chi connectivity index (χ3n) is 4.27. The second-order valence-electron chi connectivity index (χ2n) is 7.14. The van der Waals surface area contributed by atoms with Gasteiger partial charge in [-0.3, -0.25) is 0 Å². The minimum Gasteiger partial charge on any atom is -0.417 e. The van der Waals surface area contributed by atoms with Crippen LogP contribution in [-0.2, 0) is 9.16 Å². The van der Waals surface area contributed by atoms with Crippen molar-refractivity contribution >= 4 is 8.32 Å². The molecule has 0 aromatic rings. The number of aliphatic hydroxyl groups excluding tert-OH is 1. The number of ether oxygens (including phenoxy) is 1. The first kappa shape index (κ1) is 16.2. The zero-order valence-corrected chi connectivity index (χ0v) is 13.8. The highest BCUT2D eigenvalue weighted by molar-refractivity contribution is 6.74. The molecule has 1 N–H and O–H groups in total. The Balaban J connectivity index is 2.24. The molecular formula is C14H30O3Si. The Morgan fingerprint density at radius 1 is 1.28 bits per heavy atom. The van der Waals surface area contributed by atoms with Gasteiger partial charge >= 0.3 is 0 Å². The molecule has 0 aromatic carbocycles. The molecule has 1 saturated heterocycles. The number of rotatable bonds is 7. The standard InChI is InChI=1S/C14H30O3Si/c1-11(9-13-12(17-13)7-8-15)10-16-18(5,6)14(2,3)4/h11-13,15H,7-10H2,1-6H3/t11?,12-,13-/m1/s1. The number of hydrogen-bond acceptors (Lipinski definition) is 3. The molecule has 1 unspecified atom stereocenters. The van der Waals surface area contributed by atoms with Crippen LogP contribution in [0, 0.1) is 5.92 Å². The van der Waals surface area contributed by atoms with Crippen molar-refractivity contribution in [3.63, 3.8) is 0 Å². The van der Waals surface area contributed by atoms with E-state index in [0.29, 0.717) is 18.1 Å². The van der Waals surface area contributed by atoms with Crippen molar-refractivity contribution in [3.8, 4) is 0 Å². The molecule has 1 aliphatic rings. The Bertz CT molecular complexity index is 260. The maximum absolute atomic E-state index is 8.83. The average molecular weight is 274 g/mol. The monoisotopic (exact) mass is 274 g/mol. The maximum Gasteiger partial charge on any atom is 0.191 e. The normalized spacial score (nSPS) is 26.2. The molecule has 1 heterocycles. The van der Waals surface area contributed by atoms with Crippen LogP contribution < -0.4 is 0 Å². The smallest absolute Gasteiger partial charge is 0.191 e. The summed E-state index contributed by atoms with van der Waals surface area (Å²) in [5.41, 5.74) is 0. The third kappa shape index (κ3) is 4.65. The Morgan fingerprint density at radius 2 is 1.89 bits per heavy atom. The van der Waals surface area contributed by atoms with Gasteiger partial charge < -0.3 is 14.3 Å². The molecule has 0 aromatic heterocycles. The predicted molar refractivity (Wildman–Crippen MR) is 77.3 cm³/mol. The SMILES string of the molecule is CC(CO[Si](C)(C)C(C)(C)C)C[C@H]1O[C@@H]1CCO. The first-order valence-electron chi connectivity index (χ1n) is 7.07. The molecule has 18 heavy (non-hydrogen) atoms. The minimum atomic E-state index is -1.61. The first-order chi connectivity index (χ1) is 8.17. The molecule has 108 valence electrons. The van der Waals surface area contributed by atoms with Gasteiger partial charge in [-0.1, -0.05) is 27.7 Å². The fourth-order valence-corrected chi connectivity index (χ4v) is 2.93. The molecule has 4 heteroatoms. The van der Waals surface area contributed by atoms with E-state index >= 15 is 0 Å². The summed E-state index contributed by atoms with van der Waals surface area (Å²) in [7, 11) is -1.61. The summed E-state index contributed by atoms with van der Waals surface area (Å²) >= 11 is 0. The summed E-state index contributed by atoms with van der Waals surface area (Å²) in [6, 6.07) is 0. The largest absolute Gasteiger partial charge is 0.417 e. The summed E-state index contributed by atoms with van der Waals surface area (Å²) in [4.78, 5) is 0. The zero-order valence-electron chi connectivity index (χ0n) is 12.8. The van der Waals surface area contributed by atoms with Gasteiger partial charge in [0, 0.05) is 13.2 Å². The van der Waals surface area contributed by atoms with Crippen molar-refractivity contribution in [2.45, 2.75) is 70.9 Å². The van der Waals surface area contributed by atoms with E-state index in [1.54, 1.807) is 0 Å². The molecular weight excluding hydrogens is 244 g/mol. The number of hydrogen-bond donors (Lipinski definition) is 1. The molecule has 1 rings (SSSR count). The van der Waals surface area contributed by atoms with Crippen LogP contribution in [0.15, 0.2) is 0 Å². The summed E-state index contributed by atoms with van der Waals surface area (Å²) in [5.74, 6) is 0.535. The van der Waals surface area contributed by atoms with Gasteiger partial charge in [-0.25, -0.2) is 0 Å². The summed E-state index contributed by atoms with van der Waals surface area (Å²) < 4.78 is 11.7. The maximum atomic E-state index is 8.83. The average Bonchev–Trinajstić information content (AvgIpc) is 2.92. The highest BCUT2D eigenvalue weighted by atomic mass is 28.4. The quantitative estimate of drug-likeness (QED) is 0.572. The van der Waals surface area contributed by atoms with Crippen molar-refractivity contribution in [2.75, 3.05) is 13.2 Å². The van der Waals surface area contributed by atoms with Crippen molar-refractivity contribution in [3.05, 3.63) is 0 Å². The van der Waals surface area contributed by atoms with Gasteiger partial charge in [0.2, 0.25) is 0 Å². The van der Waals surface area contributed by atoms with E-state index in [1.807, 2.05) is 0 Å². The van der Waals surface area contributed by atoms with Gasteiger partial charge in [-0.15, -0.1) is 0 Å². The summed E-state index contributed by atoms with van der Waals surface area (Å²) in [6.45, 7) is 14.7. The van der Waals surface area contributed by atoms with Crippen molar-refractivity contribution in [1.82, 2.24) is 0 Å². The van der Waals surface area contributed by atoms with Crippen LogP contribution in [0.4, 0.5) is 0 Å². The predicted octanol–water partition coefficient (Wildman–Crippen LogP) is 3.18. The van der Waals surface area contributed by atoms with Crippen LogP contribution in [0.1, 0.15) is 40.5 Å². The Hall–Kier alpha value is 0.0969. The van der Waals surface area contributed by atoms with E-state index < -0.39 is 8.32 Å². The lowest BCUT2D eigenvalue weighted by Crippen LogP contribution is -2.41. The highest BCUT2D eigenvalue weighted by Gasteiger charge is 2.40. The lowest BCUT2D eigenvalue weighted by Gasteiger charge is -2.37. The fraction of sp³-hybridized carbons (Fsp3) is 1.00. The van der Waals surface area contributed by atoms with E-state index in [2.05, 4.69) is 40.8 Å². The zero-order chi connectivity index (χ0) is 14.0. The molecule has 0 radical (unpaired) electrons. The van der Waals surface area contributed by atoms with Gasteiger partial charge in [-0.05, 0) is 36.9 Å². The first-order valence-corrected chi connectivity index (χ1v) is 9.98. The molecule has 0 amide bonds. The van der Waals surface area contributed by atoms with Crippen molar-refractivity contribution in [1.29, 1.82) is 0 Å². The van der Waals surface area contributed by atoms with Crippen LogP contribution in [0.2, 0.25) is 18.1 Å². The highest BCUT2D eigenvalue weighted by Crippen LogP contribution is 2.37. The van der Waals surface area contributed by atoms with Crippen molar-refractivity contribution < 1.29 is 14.3 Å². The van der Waals surface area contributed by atoms with E-state index in [0.717, 1.165) is 19.4 Å². The number of epoxide rings is 1. The Morgan fingerprint density at radius 3 is 2.39 bits per heavy atom. The molecule has 0 spiro atoms. The second-order valence-corrected chi connectivity index (χ2v) is 11.9. The molecule has 1 fully saturated rings. The van der Waals surface area contributed by atoms with Crippen LogP contribution in [-0.4, -0.2) is 38.8 Å². The Labute approximate surface area is 113 Å². The van der Waals surface area contributed by atoms with Gasteiger partial charge in [-0.2, -0.15) is 0 Å². The van der Waals surface area contributed by atoms with E-state index in [4.69, 9.17) is 14.3 Å². The lowest BCUT2D eigenvalue weighted by molar-refractivity contribution is 0.219. The minimum absolute atomic E-state index is 0.232. The summed E-state index contributed by atoms with van der Waals surface area (Å²) in [6.07, 6.45) is 2.49. The second kappa shape index (κ2) is 6.03. The molecule has 3 nitrogen and oxygen atoms in total. The molecule has 0 aliphatic carbocycles. The summed E-state index contributed by atoms with van der Waals surface area (Å²) in [5, 5.41) is 9.11. The molecule has 0 bridgehead atoms. The van der Waals surface area contributed by atoms with Crippen LogP contribution >= 0.6 is 0 Å². The number of aliphatic hydroxyl groups is 1. The van der Waals surface area contributed by atoms with Crippen LogP contribution in [0.3, 0.4) is 0 Å². The van der Waals surface area contributed by atoms with E-state index in [-0.39, 0.29) is 11.6 Å². The lowest BCUT2D eigenvalue weighted by atomic mass is 10.0. The molecule has 3 atom stereocenters. The van der Waals surface area contributed by atoms with Gasteiger partial charge in [0.1, 0.15) is 0 Å². The van der Waals surface area contributed by atoms with E-state index in [9.17, 15) is 0 Å². The fourth-order valence-electron chi connectivity index (χ4n) is 1.80. The third-order valence-corrected chi connectivity index (χ3v) is 8.77. The van der Waals surface area contributed by atoms with Gasteiger partial charge in [0.05, 0.1) is 12.2 Å². The van der Waals surface area contributed by atoms with Crippen molar-refractivity contribution in [2.24, 2.45) is 5.92 Å². The molecule has 1 aliphatic heterocycles. The Kier molecular flexibility index (Phi) is 5.41. The van der Waals surface area contributed by atoms with Crippen LogP contribution in [0.5, 0.6) is 0 Å². The van der Waals surface area contributed by atoms with E-state index in [1.165, 1.54) is 0 Å². The van der Waals surface area contributed by atoms with Gasteiger partial charge in [0.25, 0.3) is 0 Å².